The number of hydrogen-bond donors (Lipinski definition) is 1. The average molecular weight is 349 g/mol. The quantitative estimate of drug-likeness (QED) is 0.560. The van der Waals surface area contributed by atoms with Gasteiger partial charge in [-0.05, 0) is 6.04 Å². The van der Waals surface area contributed by atoms with E-state index in [2.05, 4.69) is 24.7 Å². The predicted octanol–water partition coefficient (Wildman–Crippen LogP) is 1.29. The SMILES string of the molecule is CN(c1nn(COCC[Si](C)(C)C)cc1C(=O)O)S(C)(=O)=O. The van der Waals surface area contributed by atoms with Gasteiger partial charge in [0.25, 0.3) is 0 Å². The number of hydrogen-bond acceptors (Lipinski definition) is 5. The van der Waals surface area contributed by atoms with Crippen LogP contribution in [0.1, 0.15) is 10.4 Å². The highest BCUT2D eigenvalue weighted by atomic mass is 32.2. The molecular formula is C12H23N3O5SSi. The summed E-state index contributed by atoms with van der Waals surface area (Å²) in [5.41, 5.74) is -0.179. The first-order valence-electron chi connectivity index (χ1n) is 6.74. The van der Waals surface area contributed by atoms with Gasteiger partial charge < -0.3 is 9.84 Å². The number of aromatic carboxylic acids is 1. The van der Waals surface area contributed by atoms with E-state index in [0.717, 1.165) is 16.6 Å². The van der Waals surface area contributed by atoms with Crippen molar-refractivity contribution in [2.24, 2.45) is 0 Å². The van der Waals surface area contributed by atoms with Gasteiger partial charge in [-0.2, -0.15) is 5.10 Å². The van der Waals surface area contributed by atoms with Crippen molar-refractivity contribution >= 4 is 29.9 Å². The number of anilines is 1. The molecule has 0 unspecified atom stereocenters. The van der Waals surface area contributed by atoms with Gasteiger partial charge in [0.2, 0.25) is 10.0 Å². The lowest BCUT2D eigenvalue weighted by Gasteiger charge is -2.15. The summed E-state index contributed by atoms with van der Waals surface area (Å²) in [6, 6.07) is 0.982. The number of sulfonamides is 1. The van der Waals surface area contributed by atoms with Crippen LogP contribution in [0.25, 0.3) is 0 Å². The van der Waals surface area contributed by atoms with Crippen LogP contribution in [0, 0.1) is 0 Å². The van der Waals surface area contributed by atoms with Crippen molar-refractivity contribution in [3.05, 3.63) is 11.8 Å². The fourth-order valence-electron chi connectivity index (χ4n) is 1.55. The van der Waals surface area contributed by atoms with E-state index in [1.807, 2.05) is 0 Å². The molecule has 1 rings (SSSR count). The first kappa shape index (κ1) is 18.7. The standard InChI is InChI=1S/C12H23N3O5SSi/c1-14(21(2,18)19)11-10(12(16)17)8-15(13-11)9-20-6-7-22(3,4)5/h8H,6-7,9H2,1-5H3,(H,16,17). The Morgan fingerprint density at radius 1 is 1.45 bits per heavy atom. The molecule has 8 nitrogen and oxygen atoms in total. The third-order valence-corrected chi connectivity index (χ3v) is 5.86. The fourth-order valence-corrected chi connectivity index (χ4v) is 2.76. The summed E-state index contributed by atoms with van der Waals surface area (Å²) >= 11 is 0. The highest BCUT2D eigenvalue weighted by Gasteiger charge is 2.24. The van der Waals surface area contributed by atoms with Crippen LogP contribution in [0.5, 0.6) is 0 Å². The molecule has 0 aromatic carbocycles. The van der Waals surface area contributed by atoms with Gasteiger partial charge in [0, 0.05) is 27.9 Å². The maximum atomic E-state index is 11.5. The van der Waals surface area contributed by atoms with Crippen LogP contribution >= 0.6 is 0 Å². The molecule has 1 N–H and O–H groups in total. The molecule has 0 radical (unpaired) electrons. The molecule has 0 saturated heterocycles. The normalized spacial score (nSPS) is 12.4. The number of aromatic nitrogens is 2. The summed E-state index contributed by atoms with van der Waals surface area (Å²) in [5.74, 6) is -1.36. The summed E-state index contributed by atoms with van der Waals surface area (Å²) in [6.45, 7) is 7.33. The lowest BCUT2D eigenvalue weighted by molar-refractivity contribution is 0.0693. The highest BCUT2D eigenvalue weighted by molar-refractivity contribution is 7.92. The van der Waals surface area contributed by atoms with Gasteiger partial charge in [-0.3, -0.25) is 4.31 Å². The van der Waals surface area contributed by atoms with E-state index in [-0.39, 0.29) is 18.1 Å². The molecule has 0 saturated carbocycles. The van der Waals surface area contributed by atoms with Gasteiger partial charge in [-0.1, -0.05) is 19.6 Å². The summed E-state index contributed by atoms with van der Waals surface area (Å²) in [5, 5.41) is 13.2. The predicted molar refractivity (Wildman–Crippen MR) is 86.5 cm³/mol. The molecule has 1 heterocycles. The Bertz CT molecular complexity index is 636. The molecule has 0 aliphatic rings. The van der Waals surface area contributed by atoms with Crippen molar-refractivity contribution in [3.63, 3.8) is 0 Å². The Labute approximate surface area is 131 Å². The van der Waals surface area contributed by atoms with Crippen LogP contribution < -0.4 is 4.31 Å². The van der Waals surface area contributed by atoms with Gasteiger partial charge in [0.15, 0.2) is 5.82 Å². The number of rotatable bonds is 8. The maximum absolute atomic E-state index is 11.5. The van der Waals surface area contributed by atoms with E-state index in [4.69, 9.17) is 9.84 Å². The van der Waals surface area contributed by atoms with Gasteiger partial charge in [0.1, 0.15) is 12.3 Å². The smallest absolute Gasteiger partial charge is 0.341 e. The first-order chi connectivity index (χ1) is 9.92. The minimum atomic E-state index is -3.58. The largest absolute Gasteiger partial charge is 0.477 e. The Morgan fingerprint density at radius 3 is 2.50 bits per heavy atom. The van der Waals surface area contributed by atoms with Gasteiger partial charge >= 0.3 is 5.97 Å². The zero-order chi connectivity index (χ0) is 17.1. The second-order valence-corrected chi connectivity index (χ2v) is 13.9. The molecular weight excluding hydrogens is 326 g/mol. The Balaban J connectivity index is 2.85. The minimum Gasteiger partial charge on any atom is -0.477 e. The molecule has 0 bridgehead atoms. The molecule has 0 aliphatic heterocycles. The molecule has 0 amide bonds. The van der Waals surface area contributed by atoms with Crippen LogP contribution in [0.15, 0.2) is 6.20 Å². The molecule has 0 spiro atoms. The number of carboxylic acid groups (broad SMARTS) is 1. The van der Waals surface area contributed by atoms with E-state index < -0.39 is 24.1 Å². The van der Waals surface area contributed by atoms with Crippen molar-refractivity contribution in [3.8, 4) is 0 Å². The molecule has 22 heavy (non-hydrogen) atoms. The van der Waals surface area contributed by atoms with Crippen molar-refractivity contribution in [2.45, 2.75) is 32.4 Å². The number of nitrogens with zero attached hydrogens (tertiary/aromatic N) is 3. The van der Waals surface area contributed by atoms with E-state index >= 15 is 0 Å². The summed E-state index contributed by atoms with van der Waals surface area (Å²) < 4.78 is 30.7. The van der Waals surface area contributed by atoms with Crippen molar-refractivity contribution in [1.29, 1.82) is 0 Å². The average Bonchev–Trinajstić information content (AvgIpc) is 2.75. The van der Waals surface area contributed by atoms with E-state index in [0.29, 0.717) is 6.61 Å². The second-order valence-electron chi connectivity index (χ2n) is 6.29. The van der Waals surface area contributed by atoms with E-state index in [9.17, 15) is 13.2 Å². The number of ether oxygens (including phenoxy) is 1. The van der Waals surface area contributed by atoms with Crippen LogP contribution in [0.4, 0.5) is 5.82 Å². The molecule has 126 valence electrons. The molecule has 1 aromatic rings. The third kappa shape index (κ3) is 5.43. The van der Waals surface area contributed by atoms with Crippen molar-refractivity contribution in [1.82, 2.24) is 9.78 Å². The van der Waals surface area contributed by atoms with E-state index in [1.54, 1.807) is 0 Å². The van der Waals surface area contributed by atoms with Crippen LogP contribution in [-0.2, 0) is 21.5 Å². The Kier molecular flexibility index (Phi) is 5.76. The van der Waals surface area contributed by atoms with Crippen LogP contribution in [0.3, 0.4) is 0 Å². The van der Waals surface area contributed by atoms with Crippen LogP contribution in [-0.4, -0.2) is 57.3 Å². The molecule has 1 aromatic heterocycles. The van der Waals surface area contributed by atoms with Crippen LogP contribution in [0.2, 0.25) is 25.7 Å². The van der Waals surface area contributed by atoms with Crippen molar-refractivity contribution < 1.29 is 23.1 Å². The third-order valence-electron chi connectivity index (χ3n) is 2.99. The molecule has 0 fully saturated rings. The topological polar surface area (TPSA) is 102 Å². The van der Waals surface area contributed by atoms with Gasteiger partial charge in [-0.25, -0.2) is 17.9 Å². The zero-order valence-electron chi connectivity index (χ0n) is 13.5. The monoisotopic (exact) mass is 349 g/mol. The molecule has 0 aliphatic carbocycles. The highest BCUT2D eigenvalue weighted by Crippen LogP contribution is 2.19. The van der Waals surface area contributed by atoms with Crippen molar-refractivity contribution in [2.75, 3.05) is 24.2 Å². The van der Waals surface area contributed by atoms with Gasteiger partial charge in [0.05, 0.1) is 6.26 Å². The fraction of sp³-hybridized carbons (Fsp3) is 0.667. The molecule has 10 heteroatoms. The number of carboxylic acids is 1. The Morgan fingerprint density at radius 2 is 2.05 bits per heavy atom. The number of carbonyl (C=O) groups is 1. The van der Waals surface area contributed by atoms with Gasteiger partial charge in [-0.15, -0.1) is 0 Å². The first-order valence-corrected chi connectivity index (χ1v) is 12.3. The Hall–Kier alpha value is -1.39. The lowest BCUT2D eigenvalue weighted by Crippen LogP contribution is -2.27. The summed E-state index contributed by atoms with van der Waals surface area (Å²) in [4.78, 5) is 11.2. The second kappa shape index (κ2) is 6.80. The molecule has 0 atom stereocenters. The summed E-state index contributed by atoms with van der Waals surface area (Å²) in [7, 11) is -3.52. The maximum Gasteiger partial charge on any atom is 0.341 e. The summed E-state index contributed by atoms with van der Waals surface area (Å²) in [6.07, 6.45) is 2.26. The van der Waals surface area contributed by atoms with E-state index in [1.165, 1.54) is 17.9 Å². The zero-order valence-corrected chi connectivity index (χ0v) is 15.3. The lowest BCUT2D eigenvalue weighted by atomic mass is 10.3. The minimum absolute atomic E-state index is 0.0857.